The number of ketones is 1. The van der Waals surface area contributed by atoms with Crippen LogP contribution in [0.15, 0.2) is 11.4 Å². The smallest absolute Gasteiger partial charge is 0.173 e. The molecule has 3 heteroatoms. The zero-order valence-electron chi connectivity index (χ0n) is 8.87. The Morgan fingerprint density at radius 3 is 2.79 bits per heavy atom. The fraction of sp³-hybridized carbons (Fsp3) is 0.545. The summed E-state index contributed by atoms with van der Waals surface area (Å²) >= 11 is 3.37. The van der Waals surface area contributed by atoms with Crippen molar-refractivity contribution in [3.8, 4) is 0 Å². The monoisotopic (exact) mass is 228 g/mol. The Bertz CT molecular complexity index is 302. The summed E-state index contributed by atoms with van der Waals surface area (Å²) in [5.74, 6) is 2.61. The van der Waals surface area contributed by atoms with Crippen LogP contribution in [0.4, 0.5) is 0 Å². The van der Waals surface area contributed by atoms with Gasteiger partial charge in [0.15, 0.2) is 5.78 Å². The summed E-state index contributed by atoms with van der Waals surface area (Å²) in [6, 6.07) is 1.98. The zero-order valence-corrected chi connectivity index (χ0v) is 10.5. The summed E-state index contributed by atoms with van der Waals surface area (Å²) < 4.78 is 0. The predicted octanol–water partition coefficient (Wildman–Crippen LogP) is 3.63. The third-order valence-electron chi connectivity index (χ3n) is 1.74. The van der Waals surface area contributed by atoms with Crippen LogP contribution in [0.2, 0.25) is 0 Å². The van der Waals surface area contributed by atoms with E-state index in [-0.39, 0.29) is 5.78 Å². The Morgan fingerprint density at radius 1 is 1.57 bits per heavy atom. The molecule has 0 aliphatic carbocycles. The molecule has 0 fully saturated rings. The SMILES string of the molecule is Cc1cc(C(=O)CSCC(C)C)cs1. The zero-order chi connectivity index (χ0) is 10.6. The molecule has 14 heavy (non-hydrogen) atoms. The number of Topliss-reactive ketones (excluding diaryl/α,β-unsaturated/α-hetero) is 1. The van der Waals surface area contributed by atoms with E-state index in [1.165, 1.54) is 4.88 Å². The van der Waals surface area contributed by atoms with Gasteiger partial charge in [-0.1, -0.05) is 13.8 Å². The Labute approximate surface area is 93.9 Å². The third kappa shape index (κ3) is 3.84. The third-order valence-corrected chi connectivity index (χ3v) is 3.97. The van der Waals surface area contributed by atoms with Gasteiger partial charge in [-0.3, -0.25) is 4.79 Å². The summed E-state index contributed by atoms with van der Waals surface area (Å²) in [6.07, 6.45) is 0. The van der Waals surface area contributed by atoms with Gasteiger partial charge in [-0.25, -0.2) is 0 Å². The van der Waals surface area contributed by atoms with Gasteiger partial charge in [0.25, 0.3) is 0 Å². The molecule has 0 bridgehead atoms. The van der Waals surface area contributed by atoms with Gasteiger partial charge >= 0.3 is 0 Å². The summed E-state index contributed by atoms with van der Waals surface area (Å²) in [6.45, 7) is 6.38. The minimum Gasteiger partial charge on any atom is -0.293 e. The number of carbonyl (C=O) groups is 1. The van der Waals surface area contributed by atoms with Crippen LogP contribution in [-0.2, 0) is 0 Å². The minimum atomic E-state index is 0.264. The molecule has 0 aromatic carbocycles. The lowest BCUT2D eigenvalue weighted by atomic mass is 10.2. The second kappa shape index (κ2) is 5.56. The summed E-state index contributed by atoms with van der Waals surface area (Å²) in [5, 5.41) is 1.95. The Hall–Kier alpha value is -0.280. The second-order valence-corrected chi connectivity index (χ2v) is 5.92. The van der Waals surface area contributed by atoms with Gasteiger partial charge in [0.05, 0.1) is 5.75 Å². The van der Waals surface area contributed by atoms with Crippen LogP contribution in [0.25, 0.3) is 0 Å². The molecular formula is C11H16OS2. The molecular weight excluding hydrogens is 212 g/mol. The van der Waals surface area contributed by atoms with Crippen LogP contribution < -0.4 is 0 Å². The highest BCUT2D eigenvalue weighted by Gasteiger charge is 2.07. The molecule has 0 unspecified atom stereocenters. The molecule has 1 heterocycles. The van der Waals surface area contributed by atoms with Gasteiger partial charge < -0.3 is 0 Å². The van der Waals surface area contributed by atoms with Gasteiger partial charge in [-0.05, 0) is 24.7 Å². The second-order valence-electron chi connectivity index (χ2n) is 3.78. The molecule has 0 atom stereocenters. The van der Waals surface area contributed by atoms with Crippen LogP contribution in [-0.4, -0.2) is 17.3 Å². The topological polar surface area (TPSA) is 17.1 Å². The molecule has 1 rings (SSSR count). The molecule has 0 saturated heterocycles. The van der Waals surface area contributed by atoms with Crippen LogP contribution in [0.5, 0.6) is 0 Å². The molecule has 0 amide bonds. The van der Waals surface area contributed by atoms with Gasteiger partial charge in [0, 0.05) is 15.8 Å². The lowest BCUT2D eigenvalue weighted by molar-refractivity contribution is 0.102. The number of rotatable bonds is 5. The molecule has 1 aromatic rings. The number of carbonyl (C=O) groups excluding carboxylic acids is 1. The molecule has 0 aliphatic rings. The van der Waals surface area contributed by atoms with Crippen LogP contribution in [0.3, 0.4) is 0 Å². The summed E-state index contributed by atoms with van der Waals surface area (Å²) in [5.41, 5.74) is 0.878. The highest BCUT2D eigenvalue weighted by Crippen LogP contribution is 2.16. The molecule has 0 N–H and O–H groups in total. The molecule has 0 aliphatic heterocycles. The van der Waals surface area contributed by atoms with Crippen molar-refractivity contribution in [2.75, 3.05) is 11.5 Å². The van der Waals surface area contributed by atoms with Gasteiger partial charge in [0.1, 0.15) is 0 Å². The Kier molecular flexibility index (Phi) is 4.69. The number of hydrogen-bond acceptors (Lipinski definition) is 3. The van der Waals surface area contributed by atoms with Crippen molar-refractivity contribution in [3.05, 3.63) is 21.9 Å². The van der Waals surface area contributed by atoms with Crippen molar-refractivity contribution in [2.45, 2.75) is 20.8 Å². The van der Waals surface area contributed by atoms with Gasteiger partial charge in [-0.15, -0.1) is 11.3 Å². The molecule has 0 saturated carbocycles. The van der Waals surface area contributed by atoms with Crippen molar-refractivity contribution in [2.24, 2.45) is 5.92 Å². The minimum absolute atomic E-state index is 0.264. The first-order chi connectivity index (χ1) is 6.59. The van der Waals surface area contributed by atoms with Crippen LogP contribution in [0, 0.1) is 12.8 Å². The van der Waals surface area contributed by atoms with Crippen molar-refractivity contribution in [1.82, 2.24) is 0 Å². The fourth-order valence-electron chi connectivity index (χ4n) is 1.06. The van der Waals surface area contributed by atoms with E-state index >= 15 is 0 Å². The lowest BCUT2D eigenvalue weighted by Crippen LogP contribution is -2.03. The first-order valence-electron chi connectivity index (χ1n) is 4.75. The van der Waals surface area contributed by atoms with Crippen molar-refractivity contribution in [3.63, 3.8) is 0 Å². The summed E-state index contributed by atoms with van der Waals surface area (Å²) in [7, 11) is 0. The molecule has 1 aromatic heterocycles. The maximum Gasteiger partial charge on any atom is 0.173 e. The van der Waals surface area contributed by atoms with Crippen molar-refractivity contribution >= 4 is 28.9 Å². The molecule has 0 spiro atoms. The Morgan fingerprint density at radius 2 is 2.29 bits per heavy atom. The lowest BCUT2D eigenvalue weighted by Gasteiger charge is -2.02. The van der Waals surface area contributed by atoms with Crippen molar-refractivity contribution in [1.29, 1.82) is 0 Å². The highest BCUT2D eigenvalue weighted by molar-refractivity contribution is 7.99. The van der Waals surface area contributed by atoms with E-state index in [4.69, 9.17) is 0 Å². The van der Waals surface area contributed by atoms with E-state index in [1.54, 1.807) is 23.1 Å². The molecule has 78 valence electrons. The maximum atomic E-state index is 11.6. The predicted molar refractivity (Wildman–Crippen MR) is 65.5 cm³/mol. The van der Waals surface area contributed by atoms with Crippen LogP contribution >= 0.6 is 23.1 Å². The maximum absolute atomic E-state index is 11.6. The van der Waals surface area contributed by atoms with Gasteiger partial charge in [0.2, 0.25) is 0 Å². The number of hydrogen-bond donors (Lipinski definition) is 0. The standard InChI is InChI=1S/C11H16OS2/c1-8(2)5-13-7-11(12)10-4-9(3)14-6-10/h4,6,8H,5,7H2,1-3H3. The first kappa shape index (κ1) is 11.8. The average molecular weight is 228 g/mol. The molecule has 0 radical (unpaired) electrons. The highest BCUT2D eigenvalue weighted by atomic mass is 32.2. The van der Waals surface area contributed by atoms with E-state index in [9.17, 15) is 4.79 Å². The van der Waals surface area contributed by atoms with Gasteiger partial charge in [-0.2, -0.15) is 11.8 Å². The average Bonchev–Trinajstić information content (AvgIpc) is 2.51. The van der Waals surface area contributed by atoms with E-state index in [1.807, 2.05) is 18.4 Å². The van der Waals surface area contributed by atoms with E-state index in [2.05, 4.69) is 13.8 Å². The fourth-order valence-corrected chi connectivity index (χ4v) is 2.71. The largest absolute Gasteiger partial charge is 0.293 e. The van der Waals surface area contributed by atoms with E-state index < -0.39 is 0 Å². The summed E-state index contributed by atoms with van der Waals surface area (Å²) in [4.78, 5) is 12.8. The molecule has 1 nitrogen and oxygen atoms in total. The van der Waals surface area contributed by atoms with Crippen LogP contribution in [0.1, 0.15) is 29.1 Å². The van der Waals surface area contributed by atoms with E-state index in [0.29, 0.717) is 11.7 Å². The number of thiophene rings is 1. The normalized spacial score (nSPS) is 10.9. The Balaban J connectivity index is 2.36. The van der Waals surface area contributed by atoms with E-state index in [0.717, 1.165) is 11.3 Å². The van der Waals surface area contributed by atoms with Crippen molar-refractivity contribution < 1.29 is 4.79 Å². The number of thioether (sulfide) groups is 1. The first-order valence-corrected chi connectivity index (χ1v) is 6.79. The quantitative estimate of drug-likeness (QED) is 0.716. The number of aryl methyl sites for hydroxylation is 1.